The average Bonchev–Trinajstić information content (AvgIpc) is 3.11. The van der Waals surface area contributed by atoms with Gasteiger partial charge in [0.05, 0.1) is 0 Å². The number of rotatable bonds is 2. The van der Waals surface area contributed by atoms with E-state index in [1.807, 2.05) is 23.5 Å². The minimum atomic E-state index is -1.04. The van der Waals surface area contributed by atoms with E-state index in [1.165, 1.54) is 51.9 Å². The minimum absolute atomic E-state index is 1.04. The maximum atomic E-state index is 4.12. The van der Waals surface area contributed by atoms with Gasteiger partial charge in [-0.2, -0.15) is 10.0 Å². The molecular weight excluding hydrogens is 352 g/mol. The van der Waals surface area contributed by atoms with Gasteiger partial charge < -0.3 is 0 Å². The Labute approximate surface area is 159 Å². The molecule has 0 unspecified atom stereocenters. The molecule has 1 aliphatic heterocycles. The lowest BCUT2D eigenvalue weighted by Gasteiger charge is -2.29. The molecule has 5 rings (SSSR count). The predicted molar refractivity (Wildman–Crippen MR) is 122 cm³/mol. The van der Waals surface area contributed by atoms with E-state index in [9.17, 15) is 0 Å². The van der Waals surface area contributed by atoms with Crippen LogP contribution < -0.4 is 0 Å². The molecule has 3 aromatic carbocycles. The topological polar surface area (TPSA) is 0 Å². The van der Waals surface area contributed by atoms with Crippen molar-refractivity contribution in [2.45, 2.75) is 4.90 Å². The molecule has 0 N–H and O–H groups in total. The fourth-order valence-electron chi connectivity index (χ4n) is 4.26. The van der Waals surface area contributed by atoms with Gasteiger partial charge in [0.25, 0.3) is 0 Å². The van der Waals surface area contributed by atoms with Gasteiger partial charge in [0, 0.05) is 35.5 Å². The van der Waals surface area contributed by atoms with Crippen LogP contribution in [0.3, 0.4) is 0 Å². The molecule has 0 amide bonds. The molecule has 0 saturated carbocycles. The van der Waals surface area contributed by atoms with Crippen molar-refractivity contribution in [3.63, 3.8) is 0 Å². The lowest BCUT2D eigenvalue weighted by molar-refractivity contribution is 1.46. The predicted octanol–water partition coefficient (Wildman–Crippen LogP) is 7.73. The van der Waals surface area contributed by atoms with Gasteiger partial charge in [0.2, 0.25) is 0 Å². The van der Waals surface area contributed by atoms with Gasteiger partial charge in [-0.3, -0.25) is 0 Å². The summed E-state index contributed by atoms with van der Waals surface area (Å²) in [6, 6.07) is 18.1. The number of benzene rings is 3. The maximum Gasteiger partial charge on any atom is 0.0361 e. The Morgan fingerprint density at radius 3 is 2.42 bits per heavy atom. The van der Waals surface area contributed by atoms with Crippen LogP contribution in [0.5, 0.6) is 0 Å². The van der Waals surface area contributed by atoms with Crippen LogP contribution in [0.4, 0.5) is 0 Å². The minimum Gasteiger partial charge on any atom is -0.192 e. The first kappa shape index (κ1) is 15.9. The second-order valence-electron chi connectivity index (χ2n) is 7.12. The Hall–Kier alpha value is -2.29. The van der Waals surface area contributed by atoms with Crippen molar-refractivity contribution in [3.8, 4) is 0 Å². The summed E-state index contributed by atoms with van der Waals surface area (Å²) in [5, 5.41) is 5.35. The molecule has 1 aromatic heterocycles. The Bertz CT molecular complexity index is 1280. The Balaban J connectivity index is 1.98. The number of fused-ring (bicyclic) bond motifs is 6. The third-order valence-corrected chi connectivity index (χ3v) is 9.56. The molecular formula is C24H20S2. The average molecular weight is 373 g/mol. The summed E-state index contributed by atoms with van der Waals surface area (Å²) in [5.41, 5.74) is 2.63. The summed E-state index contributed by atoms with van der Waals surface area (Å²) >= 11 is 1.88. The fraction of sp³-hybridized carbons (Fsp3) is 0.0833. The van der Waals surface area contributed by atoms with Crippen LogP contribution in [-0.2, 0) is 0 Å². The van der Waals surface area contributed by atoms with E-state index in [2.05, 4.69) is 74.2 Å². The Kier molecular flexibility index (Phi) is 3.28. The van der Waals surface area contributed by atoms with Crippen LogP contribution in [0.25, 0.3) is 36.5 Å². The summed E-state index contributed by atoms with van der Waals surface area (Å²) in [5.74, 6) is 0. The molecule has 2 heterocycles. The van der Waals surface area contributed by atoms with Crippen molar-refractivity contribution in [1.82, 2.24) is 0 Å². The molecule has 26 heavy (non-hydrogen) atoms. The summed E-state index contributed by atoms with van der Waals surface area (Å²) in [6.07, 6.45) is 8.79. The number of allylic oxidation sites excluding steroid dienone is 3. The number of hydrogen-bond acceptors (Lipinski definition) is 1. The molecule has 0 fully saturated rings. The van der Waals surface area contributed by atoms with Gasteiger partial charge in [0.1, 0.15) is 0 Å². The molecule has 2 heteroatoms. The van der Waals surface area contributed by atoms with E-state index in [-0.39, 0.29) is 0 Å². The van der Waals surface area contributed by atoms with Crippen molar-refractivity contribution in [2.24, 2.45) is 0 Å². The van der Waals surface area contributed by atoms with Crippen molar-refractivity contribution in [1.29, 1.82) is 0 Å². The highest BCUT2D eigenvalue weighted by atomic mass is 32.3. The zero-order chi connectivity index (χ0) is 18.1. The first-order valence-electron chi connectivity index (χ1n) is 8.67. The van der Waals surface area contributed by atoms with Gasteiger partial charge in [-0.25, -0.2) is 0 Å². The zero-order valence-corrected chi connectivity index (χ0v) is 16.6. The van der Waals surface area contributed by atoms with E-state index in [0.717, 1.165) is 0 Å². The van der Waals surface area contributed by atoms with Crippen LogP contribution in [0, 0.1) is 0 Å². The van der Waals surface area contributed by atoms with Gasteiger partial charge in [0.15, 0.2) is 0 Å². The first-order chi connectivity index (χ1) is 12.6. The van der Waals surface area contributed by atoms with E-state index in [4.69, 9.17) is 0 Å². The zero-order valence-electron chi connectivity index (χ0n) is 15.0. The smallest absolute Gasteiger partial charge is 0.0361 e. The van der Waals surface area contributed by atoms with Crippen LogP contribution in [-0.4, -0.2) is 12.5 Å². The van der Waals surface area contributed by atoms with E-state index >= 15 is 0 Å². The first-order valence-corrected chi connectivity index (χ1v) is 11.9. The maximum absolute atomic E-state index is 4.12. The van der Waals surface area contributed by atoms with E-state index in [1.54, 1.807) is 0 Å². The molecule has 1 aliphatic rings. The highest BCUT2D eigenvalue weighted by molar-refractivity contribution is 8.36. The van der Waals surface area contributed by atoms with Crippen LogP contribution in [0.15, 0.2) is 83.6 Å². The Morgan fingerprint density at radius 2 is 1.65 bits per heavy atom. The highest BCUT2D eigenvalue weighted by Gasteiger charge is 2.32. The second-order valence-corrected chi connectivity index (χ2v) is 11.7. The van der Waals surface area contributed by atoms with Gasteiger partial charge in [-0.15, -0.1) is 11.3 Å². The quantitative estimate of drug-likeness (QED) is 0.338. The molecule has 0 radical (unpaired) electrons. The number of hydrogen-bond donors (Lipinski definition) is 0. The third-order valence-electron chi connectivity index (χ3n) is 5.50. The SMILES string of the molecule is C=CC1=C(C=C)S(C)(C)c2ccc3cc4sc5ccccc5c4cc3c21. The van der Waals surface area contributed by atoms with Gasteiger partial charge in [-0.1, -0.05) is 49.6 Å². The standard InChI is InChI=1S/C24H20S2/c1-5-16-22(6-2)26(3,4)23-12-11-15-13-21-19(14-18(15)24(16)23)17-9-7-8-10-20(17)25-21/h5-14H,1-2H2,3-4H3. The normalized spacial score (nSPS) is 17.0. The molecule has 0 atom stereocenters. The van der Waals surface area contributed by atoms with Crippen molar-refractivity contribution >= 4 is 57.9 Å². The second kappa shape index (κ2) is 5.35. The summed E-state index contributed by atoms with van der Waals surface area (Å²) in [7, 11) is -1.04. The molecule has 0 saturated heterocycles. The molecule has 0 bridgehead atoms. The number of thiophene rings is 1. The third kappa shape index (κ3) is 1.92. The van der Waals surface area contributed by atoms with Gasteiger partial charge >= 0.3 is 0 Å². The van der Waals surface area contributed by atoms with Gasteiger partial charge in [-0.05, 0) is 53.1 Å². The summed E-state index contributed by atoms with van der Waals surface area (Å²) in [4.78, 5) is 2.80. The van der Waals surface area contributed by atoms with Crippen LogP contribution >= 0.6 is 21.4 Å². The van der Waals surface area contributed by atoms with Crippen molar-refractivity contribution in [3.05, 3.63) is 84.3 Å². The Morgan fingerprint density at radius 1 is 0.846 bits per heavy atom. The molecule has 0 nitrogen and oxygen atoms in total. The highest BCUT2D eigenvalue weighted by Crippen LogP contribution is 2.66. The van der Waals surface area contributed by atoms with Crippen molar-refractivity contribution in [2.75, 3.05) is 12.5 Å². The van der Waals surface area contributed by atoms with Crippen LogP contribution in [0.1, 0.15) is 5.56 Å². The summed E-state index contributed by atoms with van der Waals surface area (Å²) in [6.45, 7) is 8.22. The van der Waals surface area contributed by atoms with E-state index < -0.39 is 10.0 Å². The largest absolute Gasteiger partial charge is 0.192 e. The molecule has 0 spiro atoms. The van der Waals surface area contributed by atoms with Crippen molar-refractivity contribution < 1.29 is 0 Å². The van der Waals surface area contributed by atoms with Crippen LogP contribution in [0.2, 0.25) is 0 Å². The molecule has 4 aromatic rings. The molecule has 128 valence electrons. The fourth-order valence-corrected chi connectivity index (χ4v) is 7.93. The monoisotopic (exact) mass is 372 g/mol. The summed E-state index contributed by atoms with van der Waals surface area (Å²) < 4.78 is 2.71. The lowest BCUT2D eigenvalue weighted by Crippen LogP contribution is -1.94. The molecule has 0 aliphatic carbocycles. The van der Waals surface area contributed by atoms with E-state index in [0.29, 0.717) is 0 Å². The lowest BCUT2D eigenvalue weighted by atomic mass is 9.96.